The highest BCUT2D eigenvalue weighted by molar-refractivity contribution is 5.60. The molecule has 5 heteroatoms. The van der Waals surface area contributed by atoms with Crippen LogP contribution in [0.25, 0.3) is 22.8 Å². The van der Waals surface area contributed by atoms with Crippen LogP contribution >= 0.6 is 0 Å². The van der Waals surface area contributed by atoms with Crippen molar-refractivity contribution in [2.24, 2.45) is 0 Å². The number of nitrogens with zero attached hydrogens (tertiary/aromatic N) is 2. The fourth-order valence-electron chi connectivity index (χ4n) is 2.79. The van der Waals surface area contributed by atoms with Crippen LogP contribution in [-0.4, -0.2) is 12.1 Å². The summed E-state index contributed by atoms with van der Waals surface area (Å²) in [6.07, 6.45) is 5.83. The van der Waals surface area contributed by atoms with Gasteiger partial charge in [0.1, 0.15) is 5.75 Å². The van der Waals surface area contributed by atoms with Gasteiger partial charge in [-0.25, -0.2) is 9.55 Å². The number of halogens is 1. The van der Waals surface area contributed by atoms with Gasteiger partial charge in [0.25, 0.3) is 0 Å². The van der Waals surface area contributed by atoms with Gasteiger partial charge in [0, 0.05) is 28.8 Å². The molecule has 4 nitrogen and oxygen atoms in total. The lowest BCUT2D eigenvalue weighted by Gasteiger charge is -2.01. The maximum Gasteiger partial charge on any atom is 0.227 e. The molecule has 0 spiro atoms. The van der Waals surface area contributed by atoms with E-state index in [9.17, 15) is 0 Å². The van der Waals surface area contributed by atoms with Gasteiger partial charge >= 0.3 is 0 Å². The van der Waals surface area contributed by atoms with Crippen LogP contribution < -0.4 is 21.7 Å². The average Bonchev–Trinajstić information content (AvgIpc) is 3.20. The minimum atomic E-state index is 0. The summed E-state index contributed by atoms with van der Waals surface area (Å²) in [7, 11) is 1.67. The molecular formula is C22H19ClN2O2. The lowest BCUT2D eigenvalue weighted by molar-refractivity contribution is -0.688. The highest BCUT2D eigenvalue weighted by Crippen LogP contribution is 2.25. The molecule has 0 fully saturated rings. The fraction of sp³-hybridized carbons (Fsp3) is 0.0909. The molecule has 0 amide bonds. The second-order valence-corrected chi connectivity index (χ2v) is 6.00. The zero-order valence-corrected chi connectivity index (χ0v) is 15.6. The molecule has 2 aromatic heterocycles. The van der Waals surface area contributed by atoms with Crippen molar-refractivity contribution >= 4 is 0 Å². The van der Waals surface area contributed by atoms with Gasteiger partial charge in [0.15, 0.2) is 24.7 Å². The van der Waals surface area contributed by atoms with E-state index in [0.717, 1.165) is 29.2 Å². The van der Waals surface area contributed by atoms with Crippen molar-refractivity contribution in [3.63, 3.8) is 0 Å². The molecule has 136 valence electrons. The Morgan fingerprint density at radius 1 is 0.889 bits per heavy atom. The molecule has 0 atom stereocenters. The summed E-state index contributed by atoms with van der Waals surface area (Å²) in [6.45, 7) is 0.797. The molecule has 0 unspecified atom stereocenters. The number of benzene rings is 2. The monoisotopic (exact) mass is 378 g/mol. The predicted octanol–water partition coefficient (Wildman–Crippen LogP) is 1.36. The normalized spacial score (nSPS) is 10.3. The first-order valence-corrected chi connectivity index (χ1v) is 8.45. The Bertz CT molecular complexity index is 981. The van der Waals surface area contributed by atoms with Gasteiger partial charge in [-0.2, -0.15) is 0 Å². The summed E-state index contributed by atoms with van der Waals surface area (Å²) in [6, 6.07) is 22.1. The number of methoxy groups -OCH3 is 1. The largest absolute Gasteiger partial charge is 1.00 e. The summed E-state index contributed by atoms with van der Waals surface area (Å²) < 4.78 is 13.2. The highest BCUT2D eigenvalue weighted by atomic mass is 35.5. The van der Waals surface area contributed by atoms with Crippen molar-refractivity contribution in [3.8, 4) is 28.5 Å². The van der Waals surface area contributed by atoms with Gasteiger partial charge in [0.2, 0.25) is 5.89 Å². The Kier molecular flexibility index (Phi) is 5.89. The quantitative estimate of drug-likeness (QED) is 0.492. The van der Waals surface area contributed by atoms with E-state index in [0.29, 0.717) is 5.89 Å². The second-order valence-electron chi connectivity index (χ2n) is 6.00. The fourth-order valence-corrected chi connectivity index (χ4v) is 2.79. The first-order chi connectivity index (χ1) is 12.8. The predicted molar refractivity (Wildman–Crippen MR) is 99.7 cm³/mol. The van der Waals surface area contributed by atoms with Crippen LogP contribution in [0.3, 0.4) is 0 Å². The first-order valence-electron chi connectivity index (χ1n) is 8.45. The number of oxazole rings is 1. The lowest BCUT2D eigenvalue weighted by atomic mass is 10.2. The number of aromatic nitrogens is 2. The van der Waals surface area contributed by atoms with Crippen LogP contribution in [0.1, 0.15) is 5.56 Å². The molecular weight excluding hydrogens is 360 g/mol. The zero-order chi connectivity index (χ0) is 17.8. The molecule has 0 bridgehead atoms. The van der Waals surface area contributed by atoms with E-state index < -0.39 is 0 Å². The molecule has 0 aliphatic rings. The summed E-state index contributed by atoms with van der Waals surface area (Å²) in [5, 5.41) is 0. The Labute approximate surface area is 164 Å². The first kappa shape index (κ1) is 18.7. The molecule has 0 aliphatic carbocycles. The van der Waals surface area contributed by atoms with Gasteiger partial charge in [0.05, 0.1) is 13.3 Å². The molecule has 0 N–H and O–H groups in total. The van der Waals surface area contributed by atoms with Crippen LogP contribution in [0, 0.1) is 0 Å². The minimum absolute atomic E-state index is 0. The lowest BCUT2D eigenvalue weighted by Crippen LogP contribution is -3.00. The third-order valence-corrected chi connectivity index (χ3v) is 4.23. The Morgan fingerprint density at radius 3 is 2.26 bits per heavy atom. The van der Waals surface area contributed by atoms with Crippen molar-refractivity contribution in [1.82, 2.24) is 4.98 Å². The second kappa shape index (κ2) is 8.52. The Balaban J connectivity index is 0.00000210. The van der Waals surface area contributed by atoms with Crippen molar-refractivity contribution in [2.75, 3.05) is 7.11 Å². The number of pyridine rings is 1. The molecule has 2 heterocycles. The number of hydrogen-bond donors (Lipinski definition) is 0. The number of ether oxygens (including phenoxy) is 1. The van der Waals surface area contributed by atoms with E-state index in [2.05, 4.69) is 21.7 Å². The number of rotatable bonds is 5. The van der Waals surface area contributed by atoms with Gasteiger partial charge in [-0.1, -0.05) is 30.3 Å². The molecule has 0 aliphatic heterocycles. The van der Waals surface area contributed by atoms with E-state index >= 15 is 0 Å². The molecule has 0 saturated heterocycles. The van der Waals surface area contributed by atoms with Gasteiger partial charge in [-0.15, -0.1) is 0 Å². The van der Waals surface area contributed by atoms with E-state index in [1.165, 1.54) is 5.56 Å². The van der Waals surface area contributed by atoms with Crippen molar-refractivity contribution in [3.05, 3.63) is 90.9 Å². The zero-order valence-electron chi connectivity index (χ0n) is 14.9. The molecule has 0 radical (unpaired) electrons. The van der Waals surface area contributed by atoms with E-state index in [1.807, 2.05) is 67.0 Å². The van der Waals surface area contributed by atoms with Crippen LogP contribution in [0.4, 0.5) is 0 Å². The Morgan fingerprint density at radius 2 is 1.59 bits per heavy atom. The maximum absolute atomic E-state index is 5.91. The van der Waals surface area contributed by atoms with Gasteiger partial charge < -0.3 is 21.6 Å². The topological polar surface area (TPSA) is 39.1 Å². The molecule has 0 saturated carbocycles. The molecule has 2 aromatic carbocycles. The summed E-state index contributed by atoms with van der Waals surface area (Å²) >= 11 is 0. The number of hydrogen-bond acceptors (Lipinski definition) is 3. The van der Waals surface area contributed by atoms with Crippen LogP contribution in [0.15, 0.2) is 89.7 Å². The third kappa shape index (κ3) is 4.36. The summed E-state index contributed by atoms with van der Waals surface area (Å²) in [5.41, 5.74) is 3.20. The summed E-state index contributed by atoms with van der Waals surface area (Å²) in [4.78, 5) is 4.41. The van der Waals surface area contributed by atoms with Gasteiger partial charge in [-0.05, 0) is 24.3 Å². The standard InChI is InChI=1S/C22H19N2O2.ClH/c1-25-20-9-7-17(8-10-20)16-24-13-11-19(12-14-24)22-23-15-21(26-22)18-5-3-2-4-6-18;/h2-15H,16H2,1H3;1H/q+1;/p-1. The van der Waals surface area contributed by atoms with Crippen LogP contribution in [0.2, 0.25) is 0 Å². The average molecular weight is 379 g/mol. The van der Waals surface area contributed by atoms with E-state index in [1.54, 1.807) is 13.3 Å². The smallest absolute Gasteiger partial charge is 0.227 e. The molecule has 4 aromatic rings. The maximum atomic E-state index is 5.91. The van der Waals surface area contributed by atoms with E-state index in [4.69, 9.17) is 9.15 Å². The van der Waals surface area contributed by atoms with Crippen LogP contribution in [0.5, 0.6) is 5.75 Å². The van der Waals surface area contributed by atoms with Crippen LogP contribution in [-0.2, 0) is 6.54 Å². The van der Waals surface area contributed by atoms with Crippen molar-refractivity contribution in [1.29, 1.82) is 0 Å². The third-order valence-electron chi connectivity index (χ3n) is 4.23. The minimum Gasteiger partial charge on any atom is -1.00 e. The Hall–Kier alpha value is -3.11. The van der Waals surface area contributed by atoms with Gasteiger partial charge in [-0.3, -0.25) is 0 Å². The molecule has 27 heavy (non-hydrogen) atoms. The van der Waals surface area contributed by atoms with Crippen molar-refractivity contribution in [2.45, 2.75) is 6.54 Å². The molecule has 4 rings (SSSR count). The van der Waals surface area contributed by atoms with E-state index in [-0.39, 0.29) is 12.4 Å². The van der Waals surface area contributed by atoms with Crippen molar-refractivity contribution < 1.29 is 26.1 Å². The highest BCUT2D eigenvalue weighted by Gasteiger charge is 2.10. The SMILES string of the molecule is COc1ccc(C[n+]2ccc(-c3ncc(-c4ccccc4)o3)cc2)cc1.[Cl-]. The summed E-state index contributed by atoms with van der Waals surface area (Å²) in [5.74, 6) is 2.27.